The Kier molecular flexibility index (Phi) is 3.02. The lowest BCUT2D eigenvalue weighted by molar-refractivity contribution is 0.577. The molecule has 0 amide bonds. The van der Waals surface area contributed by atoms with Crippen molar-refractivity contribution in [1.82, 2.24) is 20.4 Å². The van der Waals surface area contributed by atoms with Crippen LogP contribution in [0.25, 0.3) is 10.1 Å². The number of hydrazine groups is 1. The van der Waals surface area contributed by atoms with E-state index in [0.717, 1.165) is 20.7 Å². The molecule has 19 heavy (non-hydrogen) atoms. The summed E-state index contributed by atoms with van der Waals surface area (Å²) in [6.07, 6.45) is 1.66. The molecule has 0 bridgehead atoms. The van der Waals surface area contributed by atoms with E-state index in [-0.39, 0.29) is 11.9 Å². The number of hydrogen-bond donors (Lipinski definition) is 2. The highest BCUT2D eigenvalue weighted by atomic mass is 32.1. The van der Waals surface area contributed by atoms with Gasteiger partial charge in [0.05, 0.1) is 17.9 Å². The van der Waals surface area contributed by atoms with Crippen molar-refractivity contribution in [2.45, 2.75) is 6.04 Å². The van der Waals surface area contributed by atoms with E-state index < -0.39 is 0 Å². The van der Waals surface area contributed by atoms with Gasteiger partial charge >= 0.3 is 0 Å². The van der Waals surface area contributed by atoms with E-state index in [9.17, 15) is 4.39 Å². The average Bonchev–Trinajstić information content (AvgIpc) is 2.97. The van der Waals surface area contributed by atoms with Crippen molar-refractivity contribution >= 4 is 21.4 Å². The minimum atomic E-state index is -0.236. The van der Waals surface area contributed by atoms with E-state index in [4.69, 9.17) is 5.84 Å². The zero-order valence-corrected chi connectivity index (χ0v) is 11.0. The van der Waals surface area contributed by atoms with E-state index >= 15 is 0 Å². The van der Waals surface area contributed by atoms with Crippen LogP contribution >= 0.6 is 11.3 Å². The summed E-state index contributed by atoms with van der Waals surface area (Å²) < 4.78 is 15.8. The number of thiophene rings is 1. The summed E-state index contributed by atoms with van der Waals surface area (Å²) in [5.41, 5.74) is 3.61. The fraction of sp³-hybridized carbons (Fsp3) is 0.167. The Balaban J connectivity index is 2.09. The van der Waals surface area contributed by atoms with E-state index in [2.05, 4.69) is 15.7 Å². The van der Waals surface area contributed by atoms with Crippen molar-refractivity contribution in [2.24, 2.45) is 12.9 Å². The Morgan fingerprint density at radius 1 is 1.42 bits per heavy atom. The van der Waals surface area contributed by atoms with Crippen LogP contribution in [0.2, 0.25) is 0 Å². The van der Waals surface area contributed by atoms with Gasteiger partial charge in [-0.05, 0) is 23.6 Å². The number of nitrogens with one attached hydrogen (secondary N) is 1. The van der Waals surface area contributed by atoms with Crippen LogP contribution in [0.3, 0.4) is 0 Å². The summed E-state index contributed by atoms with van der Waals surface area (Å²) in [6.45, 7) is 0. The maximum atomic E-state index is 13.2. The number of halogens is 1. The molecular weight excluding hydrogens is 265 g/mol. The van der Waals surface area contributed by atoms with Crippen LogP contribution in [0.4, 0.5) is 4.39 Å². The molecule has 0 radical (unpaired) electrons. The molecule has 0 spiro atoms. The number of nitrogens with zero attached hydrogens (tertiary/aromatic N) is 3. The minimum Gasteiger partial charge on any atom is -0.270 e. The van der Waals surface area contributed by atoms with Gasteiger partial charge in [0.15, 0.2) is 0 Å². The quantitative estimate of drug-likeness (QED) is 0.565. The third-order valence-corrected chi connectivity index (χ3v) is 4.16. The molecule has 98 valence electrons. The lowest BCUT2D eigenvalue weighted by atomic mass is 10.1. The van der Waals surface area contributed by atoms with Crippen molar-refractivity contribution in [3.63, 3.8) is 0 Å². The molecule has 3 aromatic rings. The predicted molar refractivity (Wildman–Crippen MR) is 72.0 cm³/mol. The number of aryl methyl sites for hydroxylation is 1. The molecule has 2 aromatic heterocycles. The third-order valence-electron chi connectivity index (χ3n) is 3.00. The molecule has 1 aromatic carbocycles. The zero-order chi connectivity index (χ0) is 13.4. The van der Waals surface area contributed by atoms with Gasteiger partial charge in [0.25, 0.3) is 0 Å². The Hall–Kier alpha value is -1.83. The summed E-state index contributed by atoms with van der Waals surface area (Å²) in [5, 5.41) is 8.74. The Labute approximate surface area is 112 Å². The highest BCUT2D eigenvalue weighted by molar-refractivity contribution is 7.19. The SMILES string of the molecule is Cn1nncc1C(NN)c1cc2ccc(F)cc2s1. The number of hydrogen-bond acceptors (Lipinski definition) is 5. The van der Waals surface area contributed by atoms with Gasteiger partial charge in [0.2, 0.25) is 0 Å². The first-order valence-electron chi connectivity index (χ1n) is 5.69. The van der Waals surface area contributed by atoms with Crippen molar-refractivity contribution < 1.29 is 4.39 Å². The van der Waals surface area contributed by atoms with Crippen molar-refractivity contribution in [2.75, 3.05) is 0 Å². The molecule has 0 aliphatic heterocycles. The van der Waals surface area contributed by atoms with Gasteiger partial charge in [-0.15, -0.1) is 16.4 Å². The lowest BCUT2D eigenvalue weighted by Crippen LogP contribution is -2.29. The van der Waals surface area contributed by atoms with Crippen LogP contribution in [-0.4, -0.2) is 15.0 Å². The first-order valence-corrected chi connectivity index (χ1v) is 6.50. The molecule has 0 fully saturated rings. The van der Waals surface area contributed by atoms with Crippen LogP contribution in [0.15, 0.2) is 30.5 Å². The number of nitrogens with two attached hydrogens (primary N) is 1. The first kappa shape index (κ1) is 12.2. The molecular formula is C12H12FN5S. The summed E-state index contributed by atoms with van der Waals surface area (Å²) in [5.74, 6) is 5.39. The molecule has 5 nitrogen and oxygen atoms in total. The molecule has 0 saturated carbocycles. The van der Waals surface area contributed by atoms with E-state index in [1.54, 1.807) is 24.0 Å². The topological polar surface area (TPSA) is 68.8 Å². The Morgan fingerprint density at radius 3 is 2.95 bits per heavy atom. The number of rotatable bonds is 3. The van der Waals surface area contributed by atoms with Crippen molar-refractivity contribution in [1.29, 1.82) is 0 Å². The highest BCUT2D eigenvalue weighted by Crippen LogP contribution is 2.32. The number of fused-ring (bicyclic) bond motifs is 1. The van der Waals surface area contributed by atoms with Gasteiger partial charge in [-0.3, -0.25) is 10.5 Å². The van der Waals surface area contributed by atoms with Crippen LogP contribution in [-0.2, 0) is 7.05 Å². The molecule has 3 rings (SSSR count). The predicted octanol–water partition coefficient (Wildman–Crippen LogP) is 1.72. The molecule has 7 heteroatoms. The second-order valence-corrected chi connectivity index (χ2v) is 5.33. The van der Waals surface area contributed by atoms with Crippen LogP contribution < -0.4 is 11.3 Å². The maximum absolute atomic E-state index is 13.2. The largest absolute Gasteiger partial charge is 0.270 e. The second-order valence-electron chi connectivity index (χ2n) is 4.21. The fourth-order valence-electron chi connectivity index (χ4n) is 2.04. The van der Waals surface area contributed by atoms with Gasteiger partial charge in [-0.1, -0.05) is 11.3 Å². The monoisotopic (exact) mass is 277 g/mol. The smallest absolute Gasteiger partial charge is 0.124 e. The summed E-state index contributed by atoms with van der Waals surface area (Å²) in [7, 11) is 1.81. The summed E-state index contributed by atoms with van der Waals surface area (Å²) in [6, 6.07) is 6.53. The normalized spacial score (nSPS) is 13.0. The maximum Gasteiger partial charge on any atom is 0.124 e. The van der Waals surface area contributed by atoms with E-state index in [1.807, 2.05) is 6.07 Å². The van der Waals surface area contributed by atoms with Crippen molar-refractivity contribution in [3.05, 3.63) is 46.9 Å². The number of aromatic nitrogens is 3. The molecule has 2 heterocycles. The molecule has 1 unspecified atom stereocenters. The standard InChI is InChI=1S/C12H12FN5S/c1-18-9(6-15-17-18)12(16-14)11-4-7-2-3-8(13)5-10(7)19-11/h2-6,12,16H,14H2,1H3. The van der Waals surface area contributed by atoms with E-state index in [0.29, 0.717) is 0 Å². The van der Waals surface area contributed by atoms with Gasteiger partial charge in [0, 0.05) is 16.6 Å². The Bertz CT molecular complexity index is 720. The molecule has 0 saturated heterocycles. The molecule has 3 N–H and O–H groups in total. The summed E-state index contributed by atoms with van der Waals surface area (Å²) in [4.78, 5) is 0.994. The van der Waals surface area contributed by atoms with Gasteiger partial charge in [-0.2, -0.15) is 0 Å². The molecule has 0 aliphatic rings. The summed E-state index contributed by atoms with van der Waals surface area (Å²) >= 11 is 1.50. The van der Waals surface area contributed by atoms with Crippen LogP contribution in [0.5, 0.6) is 0 Å². The zero-order valence-electron chi connectivity index (χ0n) is 10.2. The molecule has 0 aliphatic carbocycles. The number of benzene rings is 1. The van der Waals surface area contributed by atoms with Gasteiger partial charge < -0.3 is 0 Å². The fourth-order valence-corrected chi connectivity index (χ4v) is 3.20. The van der Waals surface area contributed by atoms with Crippen molar-refractivity contribution in [3.8, 4) is 0 Å². The highest BCUT2D eigenvalue weighted by Gasteiger charge is 2.19. The van der Waals surface area contributed by atoms with Gasteiger partial charge in [0.1, 0.15) is 5.82 Å². The van der Waals surface area contributed by atoms with Crippen LogP contribution in [0.1, 0.15) is 16.6 Å². The average molecular weight is 277 g/mol. The first-order chi connectivity index (χ1) is 9.19. The minimum absolute atomic E-state index is 0.208. The second kappa shape index (κ2) is 4.69. The van der Waals surface area contributed by atoms with Crippen LogP contribution in [0, 0.1) is 5.82 Å². The van der Waals surface area contributed by atoms with Gasteiger partial charge in [-0.25, -0.2) is 9.82 Å². The third kappa shape index (κ3) is 2.12. The Morgan fingerprint density at radius 2 is 2.26 bits per heavy atom. The van der Waals surface area contributed by atoms with E-state index in [1.165, 1.54) is 23.5 Å². The molecule has 1 atom stereocenters. The lowest BCUT2D eigenvalue weighted by Gasteiger charge is -2.13.